The Kier molecular flexibility index (Phi) is 4.18. The fourth-order valence-electron chi connectivity index (χ4n) is 1.81. The molecule has 1 N–H and O–H groups in total. The highest BCUT2D eigenvalue weighted by atomic mass is 35.5. The minimum Gasteiger partial charge on any atom is -0.384 e. The molecule has 0 aromatic heterocycles. The highest BCUT2D eigenvalue weighted by Gasteiger charge is 2.17. The Morgan fingerprint density at radius 2 is 1.67 bits per heavy atom. The normalized spacial score (nSPS) is 12.5. The van der Waals surface area contributed by atoms with Crippen molar-refractivity contribution in [3.63, 3.8) is 0 Å². The van der Waals surface area contributed by atoms with Crippen LogP contribution in [0.2, 0.25) is 15.1 Å². The molecule has 2 aromatic carbocycles. The van der Waals surface area contributed by atoms with Crippen LogP contribution in [0.25, 0.3) is 0 Å². The Morgan fingerprint density at radius 3 is 2.33 bits per heavy atom. The lowest BCUT2D eigenvalue weighted by Gasteiger charge is -2.16. The van der Waals surface area contributed by atoms with E-state index < -0.39 is 6.10 Å². The first-order valence-electron chi connectivity index (χ1n) is 5.38. The van der Waals surface area contributed by atoms with E-state index in [9.17, 15) is 5.11 Å². The average Bonchev–Trinajstić information content (AvgIpc) is 2.32. The summed E-state index contributed by atoms with van der Waals surface area (Å²) in [4.78, 5) is 0. The minimum atomic E-state index is -0.812. The molecule has 0 aliphatic rings. The zero-order valence-electron chi connectivity index (χ0n) is 9.62. The number of halogens is 3. The molecule has 0 amide bonds. The highest BCUT2D eigenvalue weighted by Crippen LogP contribution is 2.33. The second kappa shape index (κ2) is 5.50. The van der Waals surface area contributed by atoms with Gasteiger partial charge in [0.2, 0.25) is 0 Å². The highest BCUT2D eigenvalue weighted by molar-refractivity contribution is 6.35. The van der Waals surface area contributed by atoms with Gasteiger partial charge >= 0.3 is 0 Å². The van der Waals surface area contributed by atoms with Crippen molar-refractivity contribution in [2.75, 3.05) is 0 Å². The van der Waals surface area contributed by atoms with Crippen LogP contribution in [0.3, 0.4) is 0 Å². The standard InChI is InChI=1S/C14H11Cl3O/c1-8-10(3-2-4-12(8)16)14(18)11-6-5-9(15)7-13(11)17/h2-7,14,18H,1H3. The lowest BCUT2D eigenvalue weighted by atomic mass is 9.97. The molecule has 1 atom stereocenters. The van der Waals surface area contributed by atoms with Crippen LogP contribution in [0.4, 0.5) is 0 Å². The molecule has 0 spiro atoms. The van der Waals surface area contributed by atoms with Crippen LogP contribution in [0.1, 0.15) is 22.8 Å². The Hall–Kier alpha value is -0.730. The summed E-state index contributed by atoms with van der Waals surface area (Å²) in [5.74, 6) is 0. The Balaban J connectivity index is 2.48. The zero-order valence-corrected chi connectivity index (χ0v) is 11.9. The molecule has 2 aromatic rings. The van der Waals surface area contributed by atoms with Gasteiger partial charge < -0.3 is 5.11 Å². The molecule has 4 heteroatoms. The monoisotopic (exact) mass is 300 g/mol. The summed E-state index contributed by atoms with van der Waals surface area (Å²) < 4.78 is 0. The first kappa shape index (κ1) is 13.7. The van der Waals surface area contributed by atoms with E-state index in [-0.39, 0.29) is 0 Å². The first-order chi connectivity index (χ1) is 8.50. The second-order valence-corrected chi connectivity index (χ2v) is 5.27. The lowest BCUT2D eigenvalue weighted by molar-refractivity contribution is 0.219. The Labute approximate surface area is 121 Å². The molecule has 0 aliphatic heterocycles. The molecule has 1 unspecified atom stereocenters. The molecule has 0 saturated carbocycles. The third-order valence-electron chi connectivity index (χ3n) is 2.86. The molecule has 0 saturated heterocycles. The predicted octanol–water partition coefficient (Wildman–Crippen LogP) is 5.04. The summed E-state index contributed by atoms with van der Waals surface area (Å²) in [6.45, 7) is 1.87. The van der Waals surface area contributed by atoms with Crippen molar-refractivity contribution in [2.24, 2.45) is 0 Å². The maximum Gasteiger partial charge on any atom is 0.106 e. The molecule has 18 heavy (non-hydrogen) atoms. The third-order valence-corrected chi connectivity index (χ3v) is 3.83. The molecule has 0 radical (unpaired) electrons. The van der Waals surface area contributed by atoms with Crippen molar-refractivity contribution >= 4 is 34.8 Å². The number of rotatable bonds is 2. The number of hydrogen-bond donors (Lipinski definition) is 1. The van der Waals surface area contributed by atoms with Crippen LogP contribution < -0.4 is 0 Å². The number of hydrogen-bond acceptors (Lipinski definition) is 1. The maximum absolute atomic E-state index is 10.4. The zero-order chi connectivity index (χ0) is 13.3. The summed E-state index contributed by atoms with van der Waals surface area (Å²) in [5.41, 5.74) is 2.20. The Morgan fingerprint density at radius 1 is 0.944 bits per heavy atom. The quantitative estimate of drug-likeness (QED) is 0.824. The van der Waals surface area contributed by atoms with Crippen molar-refractivity contribution in [3.8, 4) is 0 Å². The van der Waals surface area contributed by atoms with Gasteiger partial charge in [-0.2, -0.15) is 0 Å². The van der Waals surface area contributed by atoms with Crippen molar-refractivity contribution < 1.29 is 5.11 Å². The van der Waals surface area contributed by atoms with E-state index in [1.54, 1.807) is 30.3 Å². The maximum atomic E-state index is 10.4. The topological polar surface area (TPSA) is 20.2 Å². The van der Waals surface area contributed by atoms with Gasteiger partial charge in [-0.1, -0.05) is 53.0 Å². The number of aliphatic hydroxyl groups excluding tert-OH is 1. The van der Waals surface area contributed by atoms with E-state index in [4.69, 9.17) is 34.8 Å². The average molecular weight is 302 g/mol. The van der Waals surface area contributed by atoms with Crippen LogP contribution in [-0.2, 0) is 0 Å². The Bertz CT molecular complexity index is 581. The van der Waals surface area contributed by atoms with E-state index in [2.05, 4.69) is 0 Å². The van der Waals surface area contributed by atoms with E-state index in [0.29, 0.717) is 20.6 Å². The van der Waals surface area contributed by atoms with Gasteiger partial charge in [0.1, 0.15) is 6.10 Å². The van der Waals surface area contributed by atoms with Gasteiger partial charge in [0.05, 0.1) is 0 Å². The SMILES string of the molecule is Cc1c(Cl)cccc1C(O)c1ccc(Cl)cc1Cl. The lowest BCUT2D eigenvalue weighted by Crippen LogP contribution is -2.03. The molecule has 1 nitrogen and oxygen atoms in total. The van der Waals surface area contributed by atoms with E-state index >= 15 is 0 Å². The summed E-state index contributed by atoms with van der Waals surface area (Å²) in [7, 11) is 0. The third kappa shape index (κ3) is 2.65. The van der Waals surface area contributed by atoms with E-state index in [0.717, 1.165) is 11.1 Å². The van der Waals surface area contributed by atoms with Gasteiger partial charge in [-0.05, 0) is 36.2 Å². The summed E-state index contributed by atoms with van der Waals surface area (Å²) >= 11 is 18.0. The molecular weight excluding hydrogens is 291 g/mol. The number of aliphatic hydroxyl groups is 1. The van der Waals surface area contributed by atoms with Crippen LogP contribution in [0, 0.1) is 6.92 Å². The summed E-state index contributed by atoms with van der Waals surface area (Å²) in [5, 5.41) is 12.0. The fourth-order valence-corrected chi connectivity index (χ4v) is 2.50. The first-order valence-corrected chi connectivity index (χ1v) is 6.52. The van der Waals surface area contributed by atoms with Gasteiger partial charge in [0.15, 0.2) is 0 Å². The number of benzene rings is 2. The molecule has 2 rings (SSSR count). The largest absolute Gasteiger partial charge is 0.384 e. The molecule has 0 fully saturated rings. The molecule has 0 bridgehead atoms. The van der Waals surface area contributed by atoms with Crippen LogP contribution >= 0.6 is 34.8 Å². The van der Waals surface area contributed by atoms with Gasteiger partial charge in [0, 0.05) is 20.6 Å². The molecular formula is C14H11Cl3O. The van der Waals surface area contributed by atoms with Crippen molar-refractivity contribution in [3.05, 3.63) is 68.2 Å². The van der Waals surface area contributed by atoms with Crippen molar-refractivity contribution in [1.82, 2.24) is 0 Å². The van der Waals surface area contributed by atoms with Crippen molar-refractivity contribution in [2.45, 2.75) is 13.0 Å². The second-order valence-electron chi connectivity index (χ2n) is 4.02. The van der Waals surface area contributed by atoms with Crippen molar-refractivity contribution in [1.29, 1.82) is 0 Å². The fraction of sp³-hybridized carbons (Fsp3) is 0.143. The van der Waals surface area contributed by atoms with E-state index in [1.165, 1.54) is 0 Å². The molecule has 0 aliphatic carbocycles. The molecule has 0 heterocycles. The van der Waals surface area contributed by atoms with Crippen LogP contribution in [0.5, 0.6) is 0 Å². The minimum absolute atomic E-state index is 0.439. The molecule has 94 valence electrons. The van der Waals surface area contributed by atoms with Crippen LogP contribution in [-0.4, -0.2) is 5.11 Å². The predicted molar refractivity (Wildman–Crippen MR) is 76.7 cm³/mol. The van der Waals surface area contributed by atoms with Gasteiger partial charge in [-0.25, -0.2) is 0 Å². The summed E-state index contributed by atoms with van der Waals surface area (Å²) in [6.07, 6.45) is -0.812. The smallest absolute Gasteiger partial charge is 0.106 e. The van der Waals surface area contributed by atoms with Gasteiger partial charge in [-0.3, -0.25) is 0 Å². The van der Waals surface area contributed by atoms with Gasteiger partial charge in [-0.15, -0.1) is 0 Å². The van der Waals surface area contributed by atoms with E-state index in [1.807, 2.05) is 13.0 Å². The van der Waals surface area contributed by atoms with Crippen LogP contribution in [0.15, 0.2) is 36.4 Å². The van der Waals surface area contributed by atoms with Gasteiger partial charge in [0.25, 0.3) is 0 Å². The summed E-state index contributed by atoms with van der Waals surface area (Å²) in [6, 6.07) is 10.5.